The largest absolute Gasteiger partial charge is 0.299 e. The standard InChI is InChI=1S/C20H30N4Si/c1-15-11-18-17(16-7-5-4-6-8-16)9-10-23-19(18)20(15)25(2,3)24-13-21-12-22-14-24/h4-10,15,18-22H,11-14H2,1-3H3. The maximum atomic E-state index is 5.03. The fourth-order valence-electron chi connectivity index (χ4n) is 5.33. The maximum absolute atomic E-state index is 5.03. The van der Waals surface area contributed by atoms with Crippen molar-refractivity contribution in [2.75, 3.05) is 20.0 Å². The average molecular weight is 355 g/mol. The van der Waals surface area contributed by atoms with Crippen LogP contribution in [0.4, 0.5) is 0 Å². The first-order valence-corrected chi connectivity index (χ1v) is 12.6. The highest BCUT2D eigenvalue weighted by Crippen LogP contribution is 2.53. The van der Waals surface area contributed by atoms with Crippen molar-refractivity contribution < 1.29 is 0 Å². The van der Waals surface area contributed by atoms with Gasteiger partial charge in [-0.05, 0) is 35.1 Å². The van der Waals surface area contributed by atoms with Crippen LogP contribution in [-0.4, -0.2) is 45.1 Å². The molecule has 4 unspecified atom stereocenters. The van der Waals surface area contributed by atoms with Crippen LogP contribution < -0.4 is 10.6 Å². The lowest BCUT2D eigenvalue weighted by Crippen LogP contribution is -2.64. The second kappa shape index (κ2) is 6.80. The molecule has 0 bridgehead atoms. The van der Waals surface area contributed by atoms with Crippen molar-refractivity contribution in [2.24, 2.45) is 16.8 Å². The van der Waals surface area contributed by atoms with E-state index in [-0.39, 0.29) is 0 Å². The van der Waals surface area contributed by atoms with Crippen LogP contribution in [-0.2, 0) is 0 Å². The van der Waals surface area contributed by atoms with Crippen molar-refractivity contribution in [2.45, 2.75) is 38.0 Å². The van der Waals surface area contributed by atoms with Crippen molar-refractivity contribution >= 4 is 20.0 Å². The van der Waals surface area contributed by atoms with Crippen LogP contribution in [0, 0.1) is 11.8 Å². The van der Waals surface area contributed by atoms with Crippen LogP contribution in [0.15, 0.2) is 41.4 Å². The Morgan fingerprint density at radius 1 is 1.12 bits per heavy atom. The summed E-state index contributed by atoms with van der Waals surface area (Å²) >= 11 is 0. The van der Waals surface area contributed by atoms with Gasteiger partial charge in [-0.2, -0.15) is 0 Å². The molecule has 1 saturated heterocycles. The number of nitrogens with zero attached hydrogens (tertiary/aromatic N) is 2. The predicted molar refractivity (Wildman–Crippen MR) is 108 cm³/mol. The van der Waals surface area contributed by atoms with E-state index in [4.69, 9.17) is 4.99 Å². The third-order valence-electron chi connectivity index (χ3n) is 6.52. The van der Waals surface area contributed by atoms with Crippen molar-refractivity contribution in [1.29, 1.82) is 0 Å². The molecule has 1 aromatic carbocycles. The summed E-state index contributed by atoms with van der Waals surface area (Å²) in [5.74, 6) is 1.30. The Balaban J connectivity index is 1.62. The molecule has 4 atom stereocenters. The Kier molecular flexibility index (Phi) is 4.66. The summed E-state index contributed by atoms with van der Waals surface area (Å²) in [4.78, 5) is 5.03. The molecule has 134 valence electrons. The molecule has 0 spiro atoms. The Bertz CT molecular complexity index is 664. The van der Waals surface area contributed by atoms with Crippen LogP contribution in [0.5, 0.6) is 0 Å². The van der Waals surface area contributed by atoms with Gasteiger partial charge >= 0.3 is 0 Å². The minimum atomic E-state index is -1.60. The fourth-order valence-corrected chi connectivity index (χ4v) is 9.47. The summed E-state index contributed by atoms with van der Waals surface area (Å²) in [6.45, 7) is 10.5. The molecular formula is C20H30N4Si. The average Bonchev–Trinajstić information content (AvgIpc) is 2.99. The second-order valence-corrected chi connectivity index (χ2v) is 12.9. The van der Waals surface area contributed by atoms with Gasteiger partial charge in [-0.25, -0.2) is 0 Å². The fraction of sp³-hybridized carbons (Fsp3) is 0.550. The molecule has 25 heavy (non-hydrogen) atoms. The molecule has 0 amide bonds. The van der Waals surface area contributed by atoms with Crippen molar-refractivity contribution in [1.82, 2.24) is 15.2 Å². The SMILES string of the molecule is CC1CC2C(c3ccccc3)=CC=NC2C1[Si](C)(C)N1CNCNC1. The van der Waals surface area contributed by atoms with E-state index < -0.39 is 8.24 Å². The van der Waals surface area contributed by atoms with Gasteiger partial charge in [0, 0.05) is 32.1 Å². The van der Waals surface area contributed by atoms with E-state index in [0.717, 1.165) is 25.9 Å². The Hall–Kier alpha value is -1.27. The summed E-state index contributed by atoms with van der Waals surface area (Å²) in [5.41, 5.74) is 3.56. The molecule has 2 heterocycles. The van der Waals surface area contributed by atoms with E-state index in [1.165, 1.54) is 17.6 Å². The minimum absolute atomic E-state index is 0.443. The number of allylic oxidation sites excluding steroid dienone is 1. The molecule has 0 radical (unpaired) electrons. The van der Waals surface area contributed by atoms with Crippen LogP contribution in [0.3, 0.4) is 0 Å². The number of nitrogens with one attached hydrogen (secondary N) is 2. The molecule has 2 N–H and O–H groups in total. The first-order valence-electron chi connectivity index (χ1n) is 9.54. The topological polar surface area (TPSA) is 39.7 Å². The van der Waals surface area contributed by atoms with E-state index in [2.05, 4.69) is 77.8 Å². The molecule has 0 aromatic heterocycles. The number of hydrogen-bond acceptors (Lipinski definition) is 4. The summed E-state index contributed by atoms with van der Waals surface area (Å²) in [5, 5.41) is 6.97. The molecule has 4 rings (SSSR count). The highest BCUT2D eigenvalue weighted by molar-refractivity contribution is 6.76. The Labute approximate surface area is 152 Å². The zero-order chi connectivity index (χ0) is 17.4. The molecule has 3 aliphatic rings. The molecule has 5 heteroatoms. The van der Waals surface area contributed by atoms with Crippen LogP contribution in [0.1, 0.15) is 18.9 Å². The number of dihydropyridines is 1. The van der Waals surface area contributed by atoms with Crippen molar-refractivity contribution in [3.05, 3.63) is 42.0 Å². The van der Waals surface area contributed by atoms with Gasteiger partial charge in [0.05, 0.1) is 6.04 Å². The van der Waals surface area contributed by atoms with Gasteiger partial charge in [0.25, 0.3) is 0 Å². The molecule has 2 fully saturated rings. The lowest BCUT2D eigenvalue weighted by molar-refractivity contribution is 0.281. The molecule has 2 aliphatic heterocycles. The van der Waals surface area contributed by atoms with E-state index in [0.29, 0.717) is 17.5 Å². The third kappa shape index (κ3) is 3.03. The minimum Gasteiger partial charge on any atom is -0.299 e. The van der Waals surface area contributed by atoms with Gasteiger partial charge in [0.2, 0.25) is 0 Å². The summed E-state index contributed by atoms with van der Waals surface area (Å²) in [6.07, 6.45) is 5.59. The van der Waals surface area contributed by atoms with Gasteiger partial charge in [0.15, 0.2) is 0 Å². The molecule has 1 aromatic rings. The summed E-state index contributed by atoms with van der Waals surface area (Å²) < 4.78 is 2.68. The van der Waals surface area contributed by atoms with E-state index in [9.17, 15) is 0 Å². The van der Waals surface area contributed by atoms with Gasteiger partial charge in [-0.1, -0.05) is 50.3 Å². The molecule has 1 saturated carbocycles. The summed E-state index contributed by atoms with van der Waals surface area (Å²) in [7, 11) is -1.60. The van der Waals surface area contributed by atoms with Crippen molar-refractivity contribution in [3.8, 4) is 0 Å². The lowest BCUT2D eigenvalue weighted by Gasteiger charge is -2.46. The van der Waals surface area contributed by atoms with Crippen molar-refractivity contribution in [3.63, 3.8) is 0 Å². The number of hydrogen-bond donors (Lipinski definition) is 2. The van der Waals surface area contributed by atoms with Gasteiger partial charge in [0.1, 0.15) is 8.24 Å². The molecule has 1 aliphatic carbocycles. The second-order valence-electron chi connectivity index (χ2n) is 8.31. The van der Waals surface area contributed by atoms with Gasteiger partial charge in [-0.15, -0.1) is 0 Å². The lowest BCUT2D eigenvalue weighted by atomic mass is 9.87. The van der Waals surface area contributed by atoms with E-state index >= 15 is 0 Å². The molecule has 4 nitrogen and oxygen atoms in total. The van der Waals surface area contributed by atoms with Crippen LogP contribution in [0.25, 0.3) is 5.57 Å². The van der Waals surface area contributed by atoms with Gasteiger partial charge < -0.3 is 0 Å². The highest BCUT2D eigenvalue weighted by Gasteiger charge is 2.53. The zero-order valence-electron chi connectivity index (χ0n) is 15.6. The van der Waals surface area contributed by atoms with Crippen LogP contribution >= 0.6 is 0 Å². The quantitative estimate of drug-likeness (QED) is 0.819. The first-order chi connectivity index (χ1) is 12.1. The highest BCUT2D eigenvalue weighted by atomic mass is 28.3. The van der Waals surface area contributed by atoms with E-state index in [1.807, 2.05) is 0 Å². The monoisotopic (exact) mass is 354 g/mol. The number of aliphatic imine (C=N–C) groups is 1. The summed E-state index contributed by atoms with van der Waals surface area (Å²) in [6, 6.07) is 11.3. The van der Waals surface area contributed by atoms with E-state index in [1.54, 1.807) is 0 Å². The third-order valence-corrected chi connectivity index (χ3v) is 11.0. The van der Waals surface area contributed by atoms with Gasteiger partial charge in [-0.3, -0.25) is 20.2 Å². The number of rotatable bonds is 3. The maximum Gasteiger partial charge on any atom is 0.130 e. The Morgan fingerprint density at radius 3 is 2.56 bits per heavy atom. The normalized spacial score (nSPS) is 33.2. The first kappa shape index (κ1) is 17.2. The Morgan fingerprint density at radius 2 is 1.84 bits per heavy atom. The predicted octanol–water partition coefficient (Wildman–Crippen LogP) is 3.12. The molecular weight excluding hydrogens is 324 g/mol. The smallest absolute Gasteiger partial charge is 0.130 e. The number of fused-ring (bicyclic) bond motifs is 1. The zero-order valence-corrected chi connectivity index (χ0v) is 16.6. The number of benzene rings is 1. The van der Waals surface area contributed by atoms with Crippen LogP contribution in [0.2, 0.25) is 18.6 Å².